The van der Waals surface area contributed by atoms with Crippen molar-refractivity contribution in [2.45, 2.75) is 0 Å². The number of aliphatic hydroxyl groups excluding tert-OH is 1. The van der Waals surface area contributed by atoms with Crippen molar-refractivity contribution in [3.05, 3.63) is 34.6 Å². The summed E-state index contributed by atoms with van der Waals surface area (Å²) in [4.78, 5) is 11.2. The first-order valence-electron chi connectivity index (χ1n) is 3.99. The van der Waals surface area contributed by atoms with E-state index in [4.69, 9.17) is 16.7 Å². The average Bonchev–Trinajstić information content (AvgIpc) is 2.18. The number of benzene rings is 1. The smallest absolute Gasteiger partial charge is 0.251 e. The highest BCUT2D eigenvalue weighted by Gasteiger charge is 2.07. The lowest BCUT2D eigenvalue weighted by Gasteiger charge is -2.03. The van der Waals surface area contributed by atoms with Crippen molar-refractivity contribution >= 4 is 17.5 Å². The Labute approximate surface area is 85.5 Å². The molecule has 76 valence electrons. The third-order valence-electron chi connectivity index (χ3n) is 1.58. The summed E-state index contributed by atoms with van der Waals surface area (Å²) in [7, 11) is 0. The van der Waals surface area contributed by atoms with E-state index in [1.54, 1.807) is 0 Å². The van der Waals surface area contributed by atoms with Gasteiger partial charge in [0, 0.05) is 12.1 Å². The summed E-state index contributed by atoms with van der Waals surface area (Å²) in [6, 6.07) is 3.78. The van der Waals surface area contributed by atoms with Gasteiger partial charge in [0.2, 0.25) is 0 Å². The van der Waals surface area contributed by atoms with Gasteiger partial charge in [-0.05, 0) is 18.2 Å². The molecule has 0 radical (unpaired) electrons. The van der Waals surface area contributed by atoms with E-state index in [-0.39, 0.29) is 23.7 Å². The Hall–Kier alpha value is -1.13. The molecule has 0 fully saturated rings. The summed E-state index contributed by atoms with van der Waals surface area (Å²) in [6.07, 6.45) is 0. The van der Waals surface area contributed by atoms with Gasteiger partial charge >= 0.3 is 0 Å². The lowest BCUT2D eigenvalue weighted by atomic mass is 10.2. The summed E-state index contributed by atoms with van der Waals surface area (Å²) in [5.74, 6) is -1.07. The minimum absolute atomic E-state index is 0.0243. The molecule has 1 aromatic rings. The van der Waals surface area contributed by atoms with E-state index >= 15 is 0 Å². The van der Waals surface area contributed by atoms with Crippen LogP contribution in [0.5, 0.6) is 0 Å². The summed E-state index contributed by atoms with van der Waals surface area (Å²) >= 11 is 5.44. The quantitative estimate of drug-likeness (QED) is 0.800. The molecule has 1 rings (SSSR count). The molecular weight excluding hydrogens is 209 g/mol. The highest BCUT2D eigenvalue weighted by molar-refractivity contribution is 6.30. The molecule has 0 saturated heterocycles. The van der Waals surface area contributed by atoms with Gasteiger partial charge in [0.15, 0.2) is 0 Å². The van der Waals surface area contributed by atoms with Gasteiger partial charge in [0.1, 0.15) is 5.82 Å². The van der Waals surface area contributed by atoms with E-state index in [1.165, 1.54) is 12.1 Å². The molecule has 14 heavy (non-hydrogen) atoms. The summed E-state index contributed by atoms with van der Waals surface area (Å²) in [5.41, 5.74) is 0.181. The van der Waals surface area contributed by atoms with E-state index < -0.39 is 11.7 Å². The predicted octanol–water partition coefficient (Wildman–Crippen LogP) is 1.20. The molecule has 5 heteroatoms. The first-order valence-corrected chi connectivity index (χ1v) is 4.37. The number of carbonyl (C=O) groups is 1. The molecule has 0 unspecified atom stereocenters. The van der Waals surface area contributed by atoms with Crippen LogP contribution in [0.3, 0.4) is 0 Å². The average molecular weight is 218 g/mol. The predicted molar refractivity (Wildman–Crippen MR) is 50.8 cm³/mol. The molecule has 0 heterocycles. The van der Waals surface area contributed by atoms with Gasteiger partial charge in [-0.2, -0.15) is 0 Å². The molecule has 0 atom stereocenters. The zero-order valence-electron chi connectivity index (χ0n) is 7.26. The molecule has 0 saturated carbocycles. The fourth-order valence-electron chi connectivity index (χ4n) is 0.909. The third kappa shape index (κ3) is 2.68. The number of rotatable bonds is 3. The molecule has 0 aliphatic carbocycles. The van der Waals surface area contributed by atoms with Gasteiger partial charge in [-0.25, -0.2) is 4.39 Å². The van der Waals surface area contributed by atoms with Gasteiger partial charge in [-0.15, -0.1) is 0 Å². The van der Waals surface area contributed by atoms with Crippen LogP contribution in [0.25, 0.3) is 0 Å². The fourth-order valence-corrected chi connectivity index (χ4v) is 1.03. The Kier molecular flexibility index (Phi) is 3.85. The van der Waals surface area contributed by atoms with E-state index in [0.29, 0.717) is 0 Å². The summed E-state index contributed by atoms with van der Waals surface area (Å²) in [5, 5.41) is 10.8. The Morgan fingerprint density at radius 1 is 1.57 bits per heavy atom. The lowest BCUT2D eigenvalue weighted by molar-refractivity contribution is 0.0944. The minimum Gasteiger partial charge on any atom is -0.395 e. The maximum atomic E-state index is 12.9. The number of carbonyl (C=O) groups excluding carboxylic acids is 1. The second-order valence-electron chi connectivity index (χ2n) is 2.61. The molecule has 3 nitrogen and oxygen atoms in total. The van der Waals surface area contributed by atoms with E-state index in [9.17, 15) is 9.18 Å². The van der Waals surface area contributed by atoms with Crippen molar-refractivity contribution in [1.29, 1.82) is 0 Å². The number of halogens is 2. The third-order valence-corrected chi connectivity index (χ3v) is 1.89. The summed E-state index contributed by atoms with van der Waals surface area (Å²) < 4.78 is 12.9. The zero-order chi connectivity index (χ0) is 10.6. The van der Waals surface area contributed by atoms with Crippen molar-refractivity contribution in [2.75, 3.05) is 13.2 Å². The maximum absolute atomic E-state index is 12.9. The molecular formula is C9H9ClFNO2. The Morgan fingerprint density at radius 3 is 2.86 bits per heavy atom. The van der Waals surface area contributed by atoms with Crippen molar-refractivity contribution in [3.8, 4) is 0 Å². The van der Waals surface area contributed by atoms with Crippen LogP contribution in [0, 0.1) is 5.82 Å². The van der Waals surface area contributed by atoms with Crippen LogP contribution in [-0.2, 0) is 0 Å². The number of amides is 1. The van der Waals surface area contributed by atoms with Gasteiger partial charge in [-0.1, -0.05) is 11.6 Å². The van der Waals surface area contributed by atoms with Crippen LogP contribution in [0.15, 0.2) is 18.2 Å². The first-order chi connectivity index (χ1) is 6.65. The highest BCUT2D eigenvalue weighted by atomic mass is 35.5. The highest BCUT2D eigenvalue weighted by Crippen LogP contribution is 2.15. The molecule has 0 spiro atoms. The number of hydrogen-bond acceptors (Lipinski definition) is 2. The standard InChI is InChI=1S/C9H9ClFNO2/c10-7-2-1-6(5-8(7)11)9(14)12-3-4-13/h1-2,5,13H,3-4H2,(H,12,14). The van der Waals surface area contributed by atoms with E-state index in [0.717, 1.165) is 6.07 Å². The second-order valence-corrected chi connectivity index (χ2v) is 3.02. The Balaban J connectivity index is 2.76. The largest absolute Gasteiger partial charge is 0.395 e. The maximum Gasteiger partial charge on any atom is 0.251 e. The van der Waals surface area contributed by atoms with E-state index in [1.807, 2.05) is 0 Å². The topological polar surface area (TPSA) is 49.3 Å². The SMILES string of the molecule is O=C(NCCO)c1ccc(Cl)c(F)c1. The first kappa shape index (κ1) is 10.9. The van der Waals surface area contributed by atoms with Crippen LogP contribution < -0.4 is 5.32 Å². The monoisotopic (exact) mass is 217 g/mol. The zero-order valence-corrected chi connectivity index (χ0v) is 8.01. The Morgan fingerprint density at radius 2 is 2.29 bits per heavy atom. The molecule has 1 aromatic carbocycles. The van der Waals surface area contributed by atoms with Gasteiger partial charge < -0.3 is 10.4 Å². The van der Waals surface area contributed by atoms with Gasteiger partial charge in [0.25, 0.3) is 5.91 Å². The number of hydrogen-bond donors (Lipinski definition) is 2. The van der Waals surface area contributed by atoms with Crippen LogP contribution in [0.1, 0.15) is 10.4 Å². The molecule has 0 aromatic heterocycles. The van der Waals surface area contributed by atoms with E-state index in [2.05, 4.69) is 5.32 Å². The Bertz CT molecular complexity index is 344. The fraction of sp³-hybridized carbons (Fsp3) is 0.222. The van der Waals surface area contributed by atoms with Crippen molar-refractivity contribution < 1.29 is 14.3 Å². The molecule has 0 bridgehead atoms. The van der Waals surface area contributed by atoms with Crippen molar-refractivity contribution in [1.82, 2.24) is 5.32 Å². The van der Waals surface area contributed by atoms with Crippen LogP contribution in [0.2, 0.25) is 5.02 Å². The normalized spacial score (nSPS) is 9.93. The van der Waals surface area contributed by atoms with Gasteiger partial charge in [-0.3, -0.25) is 4.79 Å². The van der Waals surface area contributed by atoms with Crippen LogP contribution in [0.4, 0.5) is 4.39 Å². The molecule has 1 amide bonds. The number of aliphatic hydroxyl groups is 1. The number of nitrogens with one attached hydrogen (secondary N) is 1. The minimum atomic E-state index is -0.636. The lowest BCUT2D eigenvalue weighted by Crippen LogP contribution is -2.26. The molecule has 0 aliphatic heterocycles. The van der Waals surface area contributed by atoms with Crippen molar-refractivity contribution in [2.24, 2.45) is 0 Å². The molecule has 2 N–H and O–H groups in total. The summed E-state index contributed by atoms with van der Waals surface area (Å²) in [6.45, 7) is -0.00904. The van der Waals surface area contributed by atoms with Crippen LogP contribution in [-0.4, -0.2) is 24.2 Å². The molecule has 0 aliphatic rings. The van der Waals surface area contributed by atoms with Gasteiger partial charge in [0.05, 0.1) is 11.6 Å². The van der Waals surface area contributed by atoms with Crippen LogP contribution >= 0.6 is 11.6 Å². The van der Waals surface area contributed by atoms with Crippen molar-refractivity contribution in [3.63, 3.8) is 0 Å². The second kappa shape index (κ2) is 4.93.